The van der Waals surface area contributed by atoms with Crippen molar-refractivity contribution in [3.63, 3.8) is 0 Å². The quantitative estimate of drug-likeness (QED) is 0.682. The SMILES string of the molecule is CNS(=O)(=O)c1ccc(F)c(C(=O)N2CCN(S(=O)(=O)c3ccc(F)c(Cl)c3)CC2)c1. The Kier molecular flexibility index (Phi) is 6.67. The summed E-state index contributed by atoms with van der Waals surface area (Å²) in [5.41, 5.74) is -0.432. The van der Waals surface area contributed by atoms with Crippen LogP contribution in [0.1, 0.15) is 10.4 Å². The van der Waals surface area contributed by atoms with E-state index >= 15 is 0 Å². The molecule has 0 saturated carbocycles. The summed E-state index contributed by atoms with van der Waals surface area (Å²) in [5.74, 6) is -2.40. The van der Waals surface area contributed by atoms with Gasteiger partial charge in [0.25, 0.3) is 5.91 Å². The molecule has 0 aromatic heterocycles. The minimum atomic E-state index is -3.97. The molecule has 2 aromatic carbocycles. The van der Waals surface area contributed by atoms with Gasteiger partial charge in [0.15, 0.2) is 0 Å². The van der Waals surface area contributed by atoms with Gasteiger partial charge in [0.2, 0.25) is 20.0 Å². The van der Waals surface area contributed by atoms with E-state index in [9.17, 15) is 30.4 Å². The first-order valence-electron chi connectivity index (χ1n) is 8.95. The van der Waals surface area contributed by atoms with Crippen LogP contribution < -0.4 is 4.72 Å². The van der Waals surface area contributed by atoms with Crippen molar-refractivity contribution in [2.75, 3.05) is 33.2 Å². The van der Waals surface area contributed by atoms with Gasteiger partial charge in [-0.15, -0.1) is 0 Å². The lowest BCUT2D eigenvalue weighted by atomic mass is 10.1. The van der Waals surface area contributed by atoms with Crippen LogP contribution in [0.15, 0.2) is 46.2 Å². The van der Waals surface area contributed by atoms with E-state index in [2.05, 4.69) is 4.72 Å². The molecule has 1 N–H and O–H groups in total. The standard InChI is InChI=1S/C18H18ClF2N3O5S2/c1-22-30(26,27)12-2-4-16(20)14(10-12)18(25)23-6-8-24(9-7-23)31(28,29)13-3-5-17(21)15(19)11-13/h2-5,10-11,22H,6-9H2,1H3. The van der Waals surface area contributed by atoms with Crippen LogP contribution in [0.5, 0.6) is 0 Å². The zero-order valence-electron chi connectivity index (χ0n) is 16.2. The molecule has 13 heteroatoms. The number of amides is 1. The Morgan fingerprint density at radius 1 is 0.935 bits per heavy atom. The molecule has 1 fully saturated rings. The van der Waals surface area contributed by atoms with E-state index < -0.39 is 43.2 Å². The number of benzene rings is 2. The van der Waals surface area contributed by atoms with E-state index in [-0.39, 0.29) is 41.0 Å². The molecule has 1 amide bonds. The predicted octanol–water partition coefficient (Wildman–Crippen LogP) is 1.67. The maximum Gasteiger partial charge on any atom is 0.256 e. The third kappa shape index (κ3) is 4.72. The van der Waals surface area contributed by atoms with Gasteiger partial charge in [-0.25, -0.2) is 30.3 Å². The van der Waals surface area contributed by atoms with Gasteiger partial charge in [0.05, 0.1) is 20.4 Å². The summed E-state index contributed by atoms with van der Waals surface area (Å²) in [5, 5.41) is -0.332. The molecule has 8 nitrogen and oxygen atoms in total. The Morgan fingerprint density at radius 2 is 1.52 bits per heavy atom. The normalized spacial score (nSPS) is 15.8. The summed E-state index contributed by atoms with van der Waals surface area (Å²) in [7, 11) is -6.66. The minimum Gasteiger partial charge on any atom is -0.336 e. The number of halogens is 3. The molecule has 168 valence electrons. The van der Waals surface area contributed by atoms with Crippen molar-refractivity contribution in [2.45, 2.75) is 9.79 Å². The van der Waals surface area contributed by atoms with E-state index in [1.807, 2.05) is 0 Å². The van der Waals surface area contributed by atoms with Gasteiger partial charge in [-0.1, -0.05) is 11.6 Å². The second kappa shape index (κ2) is 8.79. The molecule has 0 unspecified atom stereocenters. The number of nitrogens with zero attached hydrogens (tertiary/aromatic N) is 2. The molecule has 0 aliphatic carbocycles. The molecule has 2 aromatic rings. The number of piperazine rings is 1. The number of hydrogen-bond acceptors (Lipinski definition) is 5. The maximum absolute atomic E-state index is 14.2. The molecule has 0 bridgehead atoms. The largest absolute Gasteiger partial charge is 0.336 e. The zero-order valence-corrected chi connectivity index (χ0v) is 18.6. The summed E-state index contributed by atoms with van der Waals surface area (Å²) >= 11 is 5.67. The molecular formula is C18H18ClF2N3O5S2. The van der Waals surface area contributed by atoms with E-state index in [4.69, 9.17) is 11.6 Å². The Morgan fingerprint density at radius 3 is 2.10 bits per heavy atom. The molecule has 0 atom stereocenters. The fourth-order valence-electron chi connectivity index (χ4n) is 3.04. The van der Waals surface area contributed by atoms with Crippen LogP contribution in [-0.2, 0) is 20.0 Å². The zero-order chi connectivity index (χ0) is 23.0. The van der Waals surface area contributed by atoms with Gasteiger partial charge < -0.3 is 4.90 Å². The lowest BCUT2D eigenvalue weighted by Crippen LogP contribution is -2.50. The summed E-state index contributed by atoms with van der Waals surface area (Å²) < 4.78 is 80.1. The molecule has 0 radical (unpaired) electrons. The number of nitrogens with one attached hydrogen (secondary N) is 1. The van der Waals surface area contributed by atoms with Gasteiger partial charge >= 0.3 is 0 Å². The Bertz CT molecular complexity index is 1230. The highest BCUT2D eigenvalue weighted by Crippen LogP contribution is 2.24. The molecule has 1 heterocycles. The van der Waals surface area contributed by atoms with E-state index in [0.29, 0.717) is 0 Å². The topological polar surface area (TPSA) is 104 Å². The van der Waals surface area contributed by atoms with Crippen LogP contribution in [0.2, 0.25) is 5.02 Å². The van der Waals surface area contributed by atoms with Crippen molar-refractivity contribution >= 4 is 37.6 Å². The maximum atomic E-state index is 14.2. The predicted molar refractivity (Wildman–Crippen MR) is 109 cm³/mol. The molecule has 1 aliphatic rings. The average molecular weight is 494 g/mol. The minimum absolute atomic E-state index is 0.0462. The van der Waals surface area contributed by atoms with Gasteiger partial charge in [-0.2, -0.15) is 4.31 Å². The number of carbonyl (C=O) groups is 1. The van der Waals surface area contributed by atoms with Crippen molar-refractivity contribution in [1.29, 1.82) is 0 Å². The Balaban J connectivity index is 1.77. The van der Waals surface area contributed by atoms with Gasteiger partial charge in [-0.05, 0) is 43.4 Å². The fraction of sp³-hybridized carbons (Fsp3) is 0.278. The van der Waals surface area contributed by atoms with Crippen LogP contribution in [0.4, 0.5) is 8.78 Å². The van der Waals surface area contributed by atoms with Crippen molar-refractivity contribution in [3.8, 4) is 0 Å². The number of hydrogen-bond donors (Lipinski definition) is 1. The highest BCUT2D eigenvalue weighted by atomic mass is 35.5. The number of rotatable bonds is 5. The first-order chi connectivity index (χ1) is 14.5. The lowest BCUT2D eigenvalue weighted by Gasteiger charge is -2.34. The molecule has 0 spiro atoms. The first-order valence-corrected chi connectivity index (χ1v) is 12.2. The van der Waals surface area contributed by atoms with Gasteiger partial charge in [-0.3, -0.25) is 4.79 Å². The second-order valence-electron chi connectivity index (χ2n) is 6.62. The van der Waals surface area contributed by atoms with E-state index in [1.165, 1.54) is 11.9 Å². The Hall–Kier alpha value is -2.12. The molecular weight excluding hydrogens is 476 g/mol. The third-order valence-corrected chi connectivity index (χ3v) is 8.40. The van der Waals surface area contributed by atoms with Crippen molar-refractivity contribution in [3.05, 3.63) is 58.6 Å². The van der Waals surface area contributed by atoms with Crippen LogP contribution in [0.3, 0.4) is 0 Å². The van der Waals surface area contributed by atoms with E-state index in [1.54, 1.807) is 0 Å². The molecule has 1 saturated heterocycles. The fourth-order valence-corrected chi connectivity index (χ4v) is 5.49. The smallest absolute Gasteiger partial charge is 0.256 e. The monoisotopic (exact) mass is 493 g/mol. The molecule has 31 heavy (non-hydrogen) atoms. The van der Waals surface area contributed by atoms with Crippen molar-refractivity contribution < 1.29 is 30.4 Å². The summed E-state index contributed by atoms with van der Waals surface area (Å²) in [6.07, 6.45) is 0. The van der Waals surface area contributed by atoms with E-state index in [0.717, 1.165) is 40.7 Å². The van der Waals surface area contributed by atoms with Gasteiger partial charge in [0.1, 0.15) is 11.6 Å². The summed E-state index contributed by atoms with van der Waals surface area (Å²) in [6, 6.07) is 5.91. The highest BCUT2D eigenvalue weighted by molar-refractivity contribution is 7.89. The van der Waals surface area contributed by atoms with Crippen molar-refractivity contribution in [1.82, 2.24) is 13.9 Å². The third-order valence-electron chi connectivity index (χ3n) is 4.80. The average Bonchev–Trinajstić information content (AvgIpc) is 2.75. The van der Waals surface area contributed by atoms with Crippen LogP contribution in [0.25, 0.3) is 0 Å². The van der Waals surface area contributed by atoms with Gasteiger partial charge in [0, 0.05) is 26.2 Å². The lowest BCUT2D eigenvalue weighted by molar-refractivity contribution is 0.0693. The molecule has 3 rings (SSSR count). The van der Waals surface area contributed by atoms with Crippen molar-refractivity contribution in [2.24, 2.45) is 0 Å². The highest BCUT2D eigenvalue weighted by Gasteiger charge is 2.32. The van der Waals surface area contributed by atoms with Crippen LogP contribution in [0, 0.1) is 11.6 Å². The van der Waals surface area contributed by atoms with Crippen LogP contribution >= 0.6 is 11.6 Å². The summed E-state index contributed by atoms with van der Waals surface area (Å²) in [6.45, 7) is -0.261. The Labute approximate surface area is 183 Å². The number of sulfonamides is 2. The second-order valence-corrected chi connectivity index (χ2v) is 10.9. The first kappa shape index (κ1) is 23.5. The summed E-state index contributed by atoms with van der Waals surface area (Å²) in [4.78, 5) is 13.5. The number of carbonyl (C=O) groups excluding carboxylic acids is 1. The molecule has 1 aliphatic heterocycles. The van der Waals surface area contributed by atoms with Crippen LogP contribution in [-0.4, -0.2) is 65.2 Å².